The number of carbonyl (C=O) groups is 1. The van der Waals surface area contributed by atoms with E-state index in [0.29, 0.717) is 36.1 Å². The number of benzene rings is 1. The summed E-state index contributed by atoms with van der Waals surface area (Å²) in [6, 6.07) is 3.43. The molecule has 0 aromatic heterocycles. The summed E-state index contributed by atoms with van der Waals surface area (Å²) in [4.78, 5) is 11.9. The molecule has 3 N–H and O–H groups in total. The number of nitrogen functional groups attached to an aromatic ring is 1. The Kier molecular flexibility index (Phi) is 4.14. The van der Waals surface area contributed by atoms with Crippen molar-refractivity contribution in [1.29, 1.82) is 0 Å². The quantitative estimate of drug-likeness (QED) is 0.822. The molecule has 0 spiro atoms. The van der Waals surface area contributed by atoms with Gasteiger partial charge in [0.25, 0.3) is 0 Å². The van der Waals surface area contributed by atoms with Gasteiger partial charge >= 0.3 is 0 Å². The van der Waals surface area contributed by atoms with Gasteiger partial charge in [0.15, 0.2) is 11.5 Å². The Morgan fingerprint density at radius 2 is 2.00 bits per heavy atom. The number of rotatable bonds is 3. The average Bonchev–Trinajstić information content (AvgIpc) is 2.63. The normalized spacial score (nSPS) is 15.5. The van der Waals surface area contributed by atoms with Crippen molar-refractivity contribution in [3.8, 4) is 11.5 Å². The van der Waals surface area contributed by atoms with Crippen LogP contribution < -0.4 is 20.5 Å². The van der Waals surface area contributed by atoms with Crippen LogP contribution in [0.25, 0.3) is 0 Å². The molecule has 104 valence electrons. The number of fused-ring (bicyclic) bond motifs is 1. The molecule has 1 heterocycles. The molecule has 1 atom stereocenters. The largest absolute Gasteiger partial charge is 0.489 e. The van der Waals surface area contributed by atoms with Gasteiger partial charge in [-0.15, -0.1) is 0 Å². The summed E-state index contributed by atoms with van der Waals surface area (Å²) in [5, 5.41) is 2.83. The molecule has 0 bridgehead atoms. The van der Waals surface area contributed by atoms with Crippen LogP contribution in [0.1, 0.15) is 26.7 Å². The predicted octanol–water partition coefficient (Wildman–Crippen LogP) is 2.41. The minimum Gasteiger partial charge on any atom is -0.489 e. The number of nitrogens with two attached hydrogens (primary N) is 1. The molecule has 19 heavy (non-hydrogen) atoms. The maximum Gasteiger partial charge on any atom is 0.227 e. The van der Waals surface area contributed by atoms with E-state index in [2.05, 4.69) is 5.32 Å². The van der Waals surface area contributed by atoms with Crippen LogP contribution in [-0.2, 0) is 4.79 Å². The van der Waals surface area contributed by atoms with E-state index in [1.54, 1.807) is 12.1 Å². The zero-order chi connectivity index (χ0) is 13.8. The van der Waals surface area contributed by atoms with E-state index in [-0.39, 0.29) is 11.8 Å². The average molecular weight is 264 g/mol. The van der Waals surface area contributed by atoms with Gasteiger partial charge in [-0.05, 0) is 6.42 Å². The van der Waals surface area contributed by atoms with Gasteiger partial charge in [0.1, 0.15) is 0 Å². The molecule has 1 aromatic carbocycles. The molecule has 2 rings (SSSR count). The fourth-order valence-electron chi connectivity index (χ4n) is 1.77. The van der Waals surface area contributed by atoms with Gasteiger partial charge in [-0.1, -0.05) is 13.8 Å². The van der Waals surface area contributed by atoms with Crippen molar-refractivity contribution < 1.29 is 14.3 Å². The van der Waals surface area contributed by atoms with Crippen LogP contribution >= 0.6 is 0 Å². The van der Waals surface area contributed by atoms with Gasteiger partial charge in [-0.2, -0.15) is 0 Å². The fourth-order valence-corrected chi connectivity index (χ4v) is 1.77. The molecule has 1 amide bonds. The number of hydrogen-bond donors (Lipinski definition) is 2. The Morgan fingerprint density at radius 3 is 2.63 bits per heavy atom. The lowest BCUT2D eigenvalue weighted by Gasteiger charge is -2.15. The molecule has 5 heteroatoms. The molecule has 0 radical (unpaired) electrons. The molecule has 5 nitrogen and oxygen atoms in total. The van der Waals surface area contributed by atoms with Gasteiger partial charge in [0.2, 0.25) is 5.91 Å². The highest BCUT2D eigenvalue weighted by Gasteiger charge is 2.17. The summed E-state index contributed by atoms with van der Waals surface area (Å²) in [5.41, 5.74) is 7.00. The zero-order valence-corrected chi connectivity index (χ0v) is 11.4. The predicted molar refractivity (Wildman–Crippen MR) is 74.5 cm³/mol. The van der Waals surface area contributed by atoms with Gasteiger partial charge < -0.3 is 20.5 Å². The molecule has 1 aliphatic heterocycles. The van der Waals surface area contributed by atoms with Crippen LogP contribution in [0.3, 0.4) is 0 Å². The van der Waals surface area contributed by atoms with Gasteiger partial charge in [-0.3, -0.25) is 4.79 Å². The third-order valence-electron chi connectivity index (χ3n) is 3.24. The third kappa shape index (κ3) is 3.10. The van der Waals surface area contributed by atoms with Crippen molar-refractivity contribution in [2.45, 2.75) is 26.7 Å². The molecule has 0 aliphatic carbocycles. The highest BCUT2D eigenvalue weighted by Crippen LogP contribution is 2.36. The Bertz CT molecular complexity index is 474. The lowest BCUT2D eigenvalue weighted by molar-refractivity contribution is -0.119. The van der Waals surface area contributed by atoms with Gasteiger partial charge in [0.05, 0.1) is 24.6 Å². The Balaban J connectivity index is 2.22. The van der Waals surface area contributed by atoms with Gasteiger partial charge in [0, 0.05) is 24.5 Å². The summed E-state index contributed by atoms with van der Waals surface area (Å²) in [6.45, 7) is 5.08. The van der Waals surface area contributed by atoms with Crippen LogP contribution in [-0.4, -0.2) is 19.1 Å². The second-order valence-corrected chi connectivity index (χ2v) is 4.74. The van der Waals surface area contributed by atoms with Gasteiger partial charge in [-0.25, -0.2) is 0 Å². The molecule has 1 aliphatic rings. The van der Waals surface area contributed by atoms with Crippen molar-refractivity contribution in [1.82, 2.24) is 0 Å². The van der Waals surface area contributed by atoms with Crippen molar-refractivity contribution >= 4 is 17.3 Å². The van der Waals surface area contributed by atoms with Crippen LogP contribution in [0.2, 0.25) is 0 Å². The first-order valence-electron chi connectivity index (χ1n) is 6.61. The van der Waals surface area contributed by atoms with E-state index in [1.165, 1.54) is 0 Å². The second kappa shape index (κ2) is 5.82. The maximum atomic E-state index is 11.9. The van der Waals surface area contributed by atoms with E-state index in [1.807, 2.05) is 13.8 Å². The highest BCUT2D eigenvalue weighted by molar-refractivity contribution is 5.95. The van der Waals surface area contributed by atoms with Crippen LogP contribution in [0, 0.1) is 5.92 Å². The van der Waals surface area contributed by atoms with Crippen LogP contribution in [0.15, 0.2) is 12.1 Å². The maximum absolute atomic E-state index is 11.9. The molecular weight excluding hydrogens is 244 g/mol. The lowest BCUT2D eigenvalue weighted by atomic mass is 10.1. The Labute approximate surface area is 113 Å². The van der Waals surface area contributed by atoms with Crippen LogP contribution in [0.5, 0.6) is 11.5 Å². The standard InChI is InChI=1S/C14H20N2O3/c1-3-9(2)14(17)16-11-8-13-12(7-10(11)15)18-5-4-6-19-13/h7-9H,3-6,15H2,1-2H3,(H,16,17). The van der Waals surface area contributed by atoms with Crippen LogP contribution in [0.4, 0.5) is 11.4 Å². The minimum atomic E-state index is -0.0459. The lowest BCUT2D eigenvalue weighted by Crippen LogP contribution is -2.20. The van der Waals surface area contributed by atoms with Crippen molar-refractivity contribution in [3.63, 3.8) is 0 Å². The van der Waals surface area contributed by atoms with E-state index in [0.717, 1.165) is 12.8 Å². The van der Waals surface area contributed by atoms with E-state index in [4.69, 9.17) is 15.2 Å². The third-order valence-corrected chi connectivity index (χ3v) is 3.24. The second-order valence-electron chi connectivity index (χ2n) is 4.74. The molecule has 0 fully saturated rings. The Morgan fingerprint density at radius 1 is 1.37 bits per heavy atom. The number of nitrogens with one attached hydrogen (secondary N) is 1. The van der Waals surface area contributed by atoms with E-state index < -0.39 is 0 Å². The summed E-state index contributed by atoms with van der Waals surface area (Å²) in [5.74, 6) is 1.18. The molecule has 1 unspecified atom stereocenters. The van der Waals surface area contributed by atoms with Crippen molar-refractivity contribution in [2.24, 2.45) is 5.92 Å². The number of amides is 1. The van der Waals surface area contributed by atoms with E-state index >= 15 is 0 Å². The molecule has 0 saturated heterocycles. The SMILES string of the molecule is CCC(C)C(=O)Nc1cc2c(cc1N)OCCCO2. The summed E-state index contributed by atoms with van der Waals surface area (Å²) in [6.07, 6.45) is 1.62. The zero-order valence-electron chi connectivity index (χ0n) is 11.4. The van der Waals surface area contributed by atoms with E-state index in [9.17, 15) is 4.79 Å². The first-order chi connectivity index (χ1) is 9.11. The molecular formula is C14H20N2O3. The number of carbonyl (C=O) groups excluding carboxylic acids is 1. The summed E-state index contributed by atoms with van der Waals surface area (Å²) in [7, 11) is 0. The van der Waals surface area contributed by atoms with Crippen molar-refractivity contribution in [2.75, 3.05) is 24.3 Å². The number of hydrogen-bond acceptors (Lipinski definition) is 4. The smallest absolute Gasteiger partial charge is 0.227 e. The monoisotopic (exact) mass is 264 g/mol. The number of ether oxygens (including phenoxy) is 2. The number of anilines is 2. The first kappa shape index (κ1) is 13.5. The fraction of sp³-hybridized carbons (Fsp3) is 0.500. The first-order valence-corrected chi connectivity index (χ1v) is 6.61. The topological polar surface area (TPSA) is 73.6 Å². The van der Waals surface area contributed by atoms with Crippen molar-refractivity contribution in [3.05, 3.63) is 12.1 Å². The summed E-state index contributed by atoms with van der Waals surface area (Å²) < 4.78 is 11.1. The molecule has 1 aromatic rings. The summed E-state index contributed by atoms with van der Waals surface area (Å²) >= 11 is 0. The molecule has 0 saturated carbocycles. The highest BCUT2D eigenvalue weighted by atomic mass is 16.5. The Hall–Kier alpha value is -1.91. The minimum absolute atomic E-state index is 0.0382.